The number of nitrogens with one attached hydrogen (secondary N) is 3. The first kappa shape index (κ1) is 24.3. The minimum absolute atomic E-state index is 0.230. The molecule has 3 aromatic rings. The zero-order valence-electron chi connectivity index (χ0n) is 20.1. The predicted molar refractivity (Wildman–Crippen MR) is 144 cm³/mol. The van der Waals surface area contributed by atoms with Gasteiger partial charge in [-0.2, -0.15) is 0 Å². The Kier molecular flexibility index (Phi) is 7.67. The highest BCUT2D eigenvalue weighted by Crippen LogP contribution is 2.36. The molecule has 3 N–H and O–H groups in total. The van der Waals surface area contributed by atoms with Gasteiger partial charge >= 0.3 is 0 Å². The van der Waals surface area contributed by atoms with Crippen LogP contribution in [0.2, 0.25) is 0 Å². The predicted octanol–water partition coefficient (Wildman–Crippen LogP) is 5.36. The lowest BCUT2D eigenvalue weighted by Crippen LogP contribution is -2.45. The van der Waals surface area contributed by atoms with E-state index in [-0.39, 0.29) is 5.91 Å². The van der Waals surface area contributed by atoms with E-state index in [1.165, 1.54) is 0 Å². The number of amides is 1. The van der Waals surface area contributed by atoms with Crippen LogP contribution in [0, 0.1) is 6.92 Å². The zero-order valence-corrected chi connectivity index (χ0v) is 20.9. The van der Waals surface area contributed by atoms with E-state index in [0.29, 0.717) is 46.8 Å². The zero-order chi connectivity index (χ0) is 24.8. The average Bonchev–Trinajstić information content (AvgIpc) is 2.86. The summed E-state index contributed by atoms with van der Waals surface area (Å²) < 4.78 is 11.6. The fraction of sp³-hybridized carbons (Fsp3) is 0.214. The molecule has 0 radical (unpaired) electrons. The molecule has 0 bridgehead atoms. The molecule has 0 aliphatic carbocycles. The van der Waals surface area contributed by atoms with Crippen molar-refractivity contribution in [2.24, 2.45) is 0 Å². The van der Waals surface area contributed by atoms with Crippen LogP contribution in [0.3, 0.4) is 0 Å². The van der Waals surface area contributed by atoms with E-state index in [4.69, 9.17) is 21.7 Å². The number of thiocarbonyl (C=S) groups is 1. The summed E-state index contributed by atoms with van der Waals surface area (Å²) >= 11 is 5.55. The number of rotatable bonds is 8. The van der Waals surface area contributed by atoms with Crippen LogP contribution >= 0.6 is 12.2 Å². The van der Waals surface area contributed by atoms with Crippen LogP contribution in [0.25, 0.3) is 5.70 Å². The van der Waals surface area contributed by atoms with Crippen molar-refractivity contribution in [3.63, 3.8) is 0 Å². The standard InChI is InChI=1S/C28H29N3O3S/c1-4-33-22-16-13-20(17-23(22)34-5-2)26-24(27(32)29-21-14-11-18(3)12-15-21)25(30-28(35)31-26)19-9-7-6-8-10-19/h6-17,26H,4-5H2,1-3H3,(H,29,32)(H2,30,31,35)/t26-/m1/s1. The molecule has 4 rings (SSSR count). The SMILES string of the molecule is CCOc1ccc([C@H]2NC(=S)NC(c3ccccc3)=C2C(=O)Nc2ccc(C)cc2)cc1OCC. The summed E-state index contributed by atoms with van der Waals surface area (Å²) in [5.41, 5.74) is 4.73. The van der Waals surface area contributed by atoms with Crippen LogP contribution in [0.4, 0.5) is 5.69 Å². The number of hydrogen-bond donors (Lipinski definition) is 3. The molecule has 0 unspecified atom stereocenters. The van der Waals surface area contributed by atoms with Crippen molar-refractivity contribution < 1.29 is 14.3 Å². The normalized spacial score (nSPS) is 15.2. The highest BCUT2D eigenvalue weighted by Gasteiger charge is 2.32. The molecule has 1 atom stereocenters. The number of ether oxygens (including phenoxy) is 2. The molecule has 1 heterocycles. The van der Waals surface area contributed by atoms with Crippen molar-refractivity contribution in [3.05, 3.63) is 95.1 Å². The third kappa shape index (κ3) is 5.63. The molecular formula is C28H29N3O3S. The second-order valence-corrected chi connectivity index (χ2v) is 8.49. The molecule has 35 heavy (non-hydrogen) atoms. The number of aryl methyl sites for hydroxylation is 1. The Bertz CT molecular complexity index is 1240. The topological polar surface area (TPSA) is 71.6 Å². The van der Waals surface area contributed by atoms with E-state index in [1.807, 2.05) is 93.6 Å². The van der Waals surface area contributed by atoms with Gasteiger partial charge in [-0.25, -0.2) is 0 Å². The number of carbonyl (C=O) groups excluding carboxylic acids is 1. The van der Waals surface area contributed by atoms with E-state index < -0.39 is 6.04 Å². The van der Waals surface area contributed by atoms with Gasteiger partial charge in [-0.15, -0.1) is 0 Å². The fourth-order valence-corrected chi connectivity index (χ4v) is 4.19. The summed E-state index contributed by atoms with van der Waals surface area (Å²) in [6, 6.07) is 22.6. The summed E-state index contributed by atoms with van der Waals surface area (Å²) in [7, 11) is 0. The van der Waals surface area contributed by atoms with Crippen molar-refractivity contribution in [2.45, 2.75) is 26.8 Å². The number of hydrogen-bond acceptors (Lipinski definition) is 4. The van der Waals surface area contributed by atoms with Gasteiger partial charge < -0.3 is 25.4 Å². The quantitative estimate of drug-likeness (QED) is 0.372. The summed E-state index contributed by atoms with van der Waals surface area (Å²) in [5, 5.41) is 9.98. The smallest absolute Gasteiger partial charge is 0.256 e. The summed E-state index contributed by atoms with van der Waals surface area (Å²) in [5.74, 6) is 1.05. The summed E-state index contributed by atoms with van der Waals surface area (Å²) in [4.78, 5) is 13.8. The van der Waals surface area contributed by atoms with Gasteiger partial charge in [0, 0.05) is 5.69 Å². The van der Waals surface area contributed by atoms with Crippen molar-refractivity contribution in [1.82, 2.24) is 10.6 Å². The Labute approximate surface area is 211 Å². The Hall–Kier alpha value is -3.84. The van der Waals surface area contributed by atoms with Gasteiger partial charge in [-0.05, 0) is 68.4 Å². The molecule has 0 spiro atoms. The molecule has 0 saturated carbocycles. The van der Waals surface area contributed by atoms with Crippen LogP contribution in [-0.4, -0.2) is 24.2 Å². The third-order valence-corrected chi connectivity index (χ3v) is 5.81. The minimum Gasteiger partial charge on any atom is -0.490 e. The molecule has 3 aromatic carbocycles. The van der Waals surface area contributed by atoms with Crippen LogP contribution < -0.4 is 25.4 Å². The van der Waals surface area contributed by atoms with Gasteiger partial charge in [0.05, 0.1) is 30.5 Å². The monoisotopic (exact) mass is 487 g/mol. The number of benzene rings is 3. The molecule has 0 fully saturated rings. The van der Waals surface area contributed by atoms with Gasteiger partial charge in [0.15, 0.2) is 16.6 Å². The average molecular weight is 488 g/mol. The molecule has 180 valence electrons. The van der Waals surface area contributed by atoms with Crippen molar-refractivity contribution in [2.75, 3.05) is 18.5 Å². The van der Waals surface area contributed by atoms with Crippen LogP contribution in [0.15, 0.2) is 78.4 Å². The Balaban J connectivity index is 1.82. The van der Waals surface area contributed by atoms with Gasteiger partial charge in [-0.3, -0.25) is 4.79 Å². The minimum atomic E-state index is -0.501. The molecule has 0 aromatic heterocycles. The van der Waals surface area contributed by atoms with Crippen LogP contribution in [0.1, 0.15) is 36.6 Å². The first-order chi connectivity index (χ1) is 17.0. The second kappa shape index (κ2) is 11.1. The second-order valence-electron chi connectivity index (χ2n) is 8.08. The van der Waals surface area contributed by atoms with Crippen molar-refractivity contribution >= 4 is 34.6 Å². The Morgan fingerprint density at radius 2 is 1.63 bits per heavy atom. The van der Waals surface area contributed by atoms with Crippen LogP contribution in [-0.2, 0) is 4.79 Å². The maximum absolute atomic E-state index is 13.8. The van der Waals surface area contributed by atoms with E-state index in [0.717, 1.165) is 16.7 Å². The fourth-order valence-electron chi connectivity index (χ4n) is 3.97. The lowest BCUT2D eigenvalue weighted by Gasteiger charge is -2.32. The molecule has 1 aliphatic heterocycles. The Morgan fingerprint density at radius 3 is 2.31 bits per heavy atom. The maximum Gasteiger partial charge on any atom is 0.256 e. The maximum atomic E-state index is 13.8. The van der Waals surface area contributed by atoms with Crippen molar-refractivity contribution in [1.29, 1.82) is 0 Å². The van der Waals surface area contributed by atoms with Gasteiger partial charge in [0.1, 0.15) is 0 Å². The Morgan fingerprint density at radius 1 is 0.943 bits per heavy atom. The van der Waals surface area contributed by atoms with Gasteiger partial charge in [0.25, 0.3) is 5.91 Å². The molecule has 1 amide bonds. The first-order valence-corrected chi connectivity index (χ1v) is 12.1. The van der Waals surface area contributed by atoms with E-state index >= 15 is 0 Å². The molecule has 7 heteroatoms. The lowest BCUT2D eigenvalue weighted by atomic mass is 9.91. The molecular weight excluding hydrogens is 458 g/mol. The molecule has 0 saturated heterocycles. The van der Waals surface area contributed by atoms with Gasteiger partial charge in [-0.1, -0.05) is 54.1 Å². The number of anilines is 1. The van der Waals surface area contributed by atoms with Crippen LogP contribution in [0.5, 0.6) is 11.5 Å². The van der Waals surface area contributed by atoms with Crippen molar-refractivity contribution in [3.8, 4) is 11.5 Å². The number of carbonyl (C=O) groups is 1. The third-order valence-electron chi connectivity index (χ3n) is 5.59. The highest BCUT2D eigenvalue weighted by molar-refractivity contribution is 7.80. The largest absolute Gasteiger partial charge is 0.490 e. The first-order valence-electron chi connectivity index (χ1n) is 11.6. The van der Waals surface area contributed by atoms with E-state index in [1.54, 1.807) is 0 Å². The lowest BCUT2D eigenvalue weighted by molar-refractivity contribution is -0.113. The van der Waals surface area contributed by atoms with Gasteiger partial charge in [0.2, 0.25) is 0 Å². The summed E-state index contributed by atoms with van der Waals surface area (Å²) in [6.45, 7) is 6.88. The molecule has 6 nitrogen and oxygen atoms in total. The molecule has 1 aliphatic rings. The van der Waals surface area contributed by atoms with E-state index in [2.05, 4.69) is 16.0 Å². The highest BCUT2D eigenvalue weighted by atomic mass is 32.1. The van der Waals surface area contributed by atoms with E-state index in [9.17, 15) is 4.79 Å². The summed E-state index contributed by atoms with van der Waals surface area (Å²) in [6.07, 6.45) is 0.